The van der Waals surface area contributed by atoms with E-state index in [1.54, 1.807) is 31.2 Å². The zero-order chi connectivity index (χ0) is 35.9. The van der Waals surface area contributed by atoms with E-state index >= 15 is 0 Å². The fourth-order valence-electron chi connectivity index (χ4n) is 6.38. The van der Waals surface area contributed by atoms with Crippen molar-refractivity contribution in [1.82, 2.24) is 30.1 Å². The standard InChI is InChI=1S/C34H48N6O8S/c1-8-39(9-2)32(44)36-27(33(4,5)6)30(42)40-19-23(48-29-25-13-10-22(47-7)16-21(25)14-15-35-29)17-26(40)28(41)37-34(18-20(34)3)31(43)38-49(45,46)24-11-12-24/h10,13-16,20,23-24,26-27H,8-9,11-12,17-19H2,1-7H3,(H,36,44)(H,37,41)(H,38,43)/t20-,23-,26+,27-,34-/m1/s1. The summed E-state index contributed by atoms with van der Waals surface area (Å²) < 4.78 is 39.1. The van der Waals surface area contributed by atoms with Crippen molar-refractivity contribution in [2.45, 2.75) is 96.2 Å². The summed E-state index contributed by atoms with van der Waals surface area (Å²) in [6.45, 7) is 11.8. The van der Waals surface area contributed by atoms with Crippen molar-refractivity contribution < 1.29 is 37.1 Å². The van der Waals surface area contributed by atoms with E-state index < -0.39 is 68.2 Å². The molecule has 2 aromatic rings. The second kappa shape index (κ2) is 13.6. The molecule has 2 saturated carbocycles. The molecular weight excluding hydrogens is 652 g/mol. The molecular formula is C34H48N6O8S. The number of urea groups is 1. The maximum atomic E-state index is 14.4. The lowest BCUT2D eigenvalue weighted by molar-refractivity contribution is -0.142. The molecule has 268 valence electrons. The SMILES string of the molecule is CCN(CC)C(=O)N[C@H](C(=O)N1C[C@H](Oc2nccc3cc(OC)ccc23)C[C@H]1C(=O)N[C@]1(C(=O)NS(=O)(=O)C2CC2)C[C@H]1C)C(C)(C)C. The molecule has 1 aromatic carbocycles. The molecule has 15 heteroatoms. The van der Waals surface area contributed by atoms with Gasteiger partial charge < -0.3 is 29.9 Å². The zero-order valence-corrected chi connectivity index (χ0v) is 30.1. The molecule has 0 radical (unpaired) electrons. The van der Waals surface area contributed by atoms with Crippen LogP contribution in [0.5, 0.6) is 11.6 Å². The van der Waals surface area contributed by atoms with Gasteiger partial charge in [-0.1, -0.05) is 27.7 Å². The van der Waals surface area contributed by atoms with Gasteiger partial charge in [0.2, 0.25) is 27.7 Å². The van der Waals surface area contributed by atoms with Crippen molar-refractivity contribution in [2.75, 3.05) is 26.7 Å². The van der Waals surface area contributed by atoms with E-state index in [4.69, 9.17) is 9.47 Å². The lowest BCUT2D eigenvalue weighted by atomic mass is 9.85. The number of amides is 5. The predicted octanol–water partition coefficient (Wildman–Crippen LogP) is 2.56. The van der Waals surface area contributed by atoms with Crippen LogP contribution >= 0.6 is 0 Å². The molecule has 2 heterocycles. The minimum absolute atomic E-state index is 0.00364. The Morgan fingerprint density at radius 1 is 1.12 bits per heavy atom. The van der Waals surface area contributed by atoms with E-state index in [0.29, 0.717) is 42.9 Å². The number of nitrogens with zero attached hydrogens (tertiary/aromatic N) is 3. The molecule has 1 aliphatic heterocycles. The van der Waals surface area contributed by atoms with Crippen LogP contribution in [0.25, 0.3) is 10.8 Å². The van der Waals surface area contributed by atoms with Crippen molar-refractivity contribution in [3.8, 4) is 11.6 Å². The maximum Gasteiger partial charge on any atom is 0.318 e. The average molecular weight is 701 g/mol. The minimum Gasteiger partial charge on any atom is -0.497 e. The molecule has 0 spiro atoms. The number of carbonyl (C=O) groups is 4. The smallest absolute Gasteiger partial charge is 0.318 e. The molecule has 3 aliphatic rings. The van der Waals surface area contributed by atoms with E-state index in [0.717, 1.165) is 5.39 Å². The van der Waals surface area contributed by atoms with Crippen molar-refractivity contribution in [1.29, 1.82) is 0 Å². The number of fused-ring (bicyclic) bond motifs is 1. The topological polar surface area (TPSA) is 176 Å². The van der Waals surface area contributed by atoms with Gasteiger partial charge in [-0.25, -0.2) is 18.2 Å². The molecule has 14 nitrogen and oxygen atoms in total. The highest BCUT2D eigenvalue weighted by molar-refractivity contribution is 7.91. The predicted molar refractivity (Wildman–Crippen MR) is 182 cm³/mol. The van der Waals surface area contributed by atoms with Gasteiger partial charge in [-0.3, -0.25) is 19.1 Å². The minimum atomic E-state index is -3.84. The molecule has 2 aliphatic carbocycles. The van der Waals surface area contributed by atoms with Gasteiger partial charge in [0.1, 0.15) is 29.5 Å². The molecule has 1 aromatic heterocycles. The van der Waals surface area contributed by atoms with E-state index in [-0.39, 0.29) is 25.3 Å². The molecule has 0 bridgehead atoms. The number of nitrogens with one attached hydrogen (secondary N) is 3. The van der Waals surface area contributed by atoms with E-state index in [9.17, 15) is 27.6 Å². The second-order valence-corrected chi connectivity index (χ2v) is 16.3. The summed E-state index contributed by atoms with van der Waals surface area (Å²) in [5.74, 6) is -1.21. The Morgan fingerprint density at radius 3 is 2.37 bits per heavy atom. The largest absolute Gasteiger partial charge is 0.497 e. The fourth-order valence-corrected chi connectivity index (χ4v) is 7.74. The first-order valence-corrected chi connectivity index (χ1v) is 18.4. The Morgan fingerprint density at radius 2 is 1.80 bits per heavy atom. The number of hydrogen-bond donors (Lipinski definition) is 3. The molecule has 3 fully saturated rings. The first-order valence-electron chi connectivity index (χ1n) is 16.9. The molecule has 5 rings (SSSR count). The fraction of sp³-hybridized carbons (Fsp3) is 0.618. The van der Waals surface area contributed by atoms with Crippen LogP contribution in [0.2, 0.25) is 0 Å². The van der Waals surface area contributed by atoms with Gasteiger partial charge in [-0.15, -0.1) is 0 Å². The molecule has 3 N–H and O–H groups in total. The summed E-state index contributed by atoms with van der Waals surface area (Å²) in [7, 11) is -2.27. The second-order valence-electron chi connectivity index (χ2n) is 14.3. The molecule has 1 saturated heterocycles. The Hall–Kier alpha value is -4.14. The van der Waals surface area contributed by atoms with E-state index in [1.807, 2.05) is 52.8 Å². The van der Waals surface area contributed by atoms with Crippen LogP contribution in [0, 0.1) is 11.3 Å². The molecule has 5 amide bonds. The van der Waals surface area contributed by atoms with Crippen LogP contribution in [0.1, 0.15) is 67.2 Å². The van der Waals surface area contributed by atoms with Crippen molar-refractivity contribution in [3.05, 3.63) is 30.5 Å². The third-order valence-electron chi connectivity index (χ3n) is 9.75. The van der Waals surface area contributed by atoms with Gasteiger partial charge in [0.25, 0.3) is 5.91 Å². The Bertz CT molecular complexity index is 1720. The Labute approximate surface area is 287 Å². The number of carbonyl (C=O) groups excluding carboxylic acids is 4. The van der Waals surface area contributed by atoms with E-state index in [1.165, 1.54) is 4.90 Å². The summed E-state index contributed by atoms with van der Waals surface area (Å²) in [6, 6.07) is 4.79. The Kier molecular flexibility index (Phi) is 10.1. The van der Waals surface area contributed by atoms with Crippen LogP contribution < -0.4 is 24.8 Å². The quantitative estimate of drug-likeness (QED) is 0.301. The van der Waals surface area contributed by atoms with Gasteiger partial charge in [0.05, 0.1) is 18.9 Å². The summed E-state index contributed by atoms with van der Waals surface area (Å²) in [5, 5.41) is 6.64. The average Bonchev–Trinajstić information content (AvgIpc) is 3.96. The number of ether oxygens (including phenoxy) is 2. The van der Waals surface area contributed by atoms with E-state index in [2.05, 4.69) is 20.3 Å². The Balaban J connectivity index is 1.43. The van der Waals surface area contributed by atoms with Crippen LogP contribution in [0.4, 0.5) is 4.79 Å². The number of aromatic nitrogens is 1. The van der Waals surface area contributed by atoms with Crippen LogP contribution in [0.15, 0.2) is 30.5 Å². The lowest BCUT2D eigenvalue weighted by Gasteiger charge is -2.36. The highest BCUT2D eigenvalue weighted by atomic mass is 32.2. The highest BCUT2D eigenvalue weighted by Gasteiger charge is 2.61. The third-order valence-corrected chi connectivity index (χ3v) is 11.6. The summed E-state index contributed by atoms with van der Waals surface area (Å²) in [4.78, 5) is 62.5. The number of sulfonamides is 1. The van der Waals surface area contributed by atoms with Gasteiger partial charge >= 0.3 is 6.03 Å². The summed E-state index contributed by atoms with van der Waals surface area (Å²) in [5.41, 5.74) is -2.16. The van der Waals surface area contributed by atoms with Crippen LogP contribution in [-0.2, 0) is 24.4 Å². The van der Waals surface area contributed by atoms with Crippen molar-refractivity contribution in [3.63, 3.8) is 0 Å². The first kappa shape index (κ1) is 36.1. The zero-order valence-electron chi connectivity index (χ0n) is 29.2. The number of rotatable bonds is 12. The maximum absolute atomic E-state index is 14.4. The number of hydrogen-bond acceptors (Lipinski definition) is 9. The third kappa shape index (κ3) is 7.55. The first-order chi connectivity index (χ1) is 23.0. The molecule has 49 heavy (non-hydrogen) atoms. The van der Waals surface area contributed by atoms with Gasteiger partial charge in [0, 0.05) is 31.1 Å². The summed E-state index contributed by atoms with van der Waals surface area (Å²) >= 11 is 0. The van der Waals surface area contributed by atoms with Crippen LogP contribution in [-0.4, -0.2) is 103 Å². The van der Waals surface area contributed by atoms with Crippen molar-refractivity contribution >= 4 is 44.5 Å². The van der Waals surface area contributed by atoms with Crippen molar-refractivity contribution in [2.24, 2.45) is 11.3 Å². The molecule has 5 atom stereocenters. The van der Waals surface area contributed by atoms with Gasteiger partial charge in [-0.05, 0) is 74.1 Å². The van der Waals surface area contributed by atoms with Gasteiger partial charge in [0.15, 0.2) is 0 Å². The monoisotopic (exact) mass is 700 g/mol. The highest BCUT2D eigenvalue weighted by Crippen LogP contribution is 2.44. The number of pyridine rings is 1. The molecule has 0 unspecified atom stereocenters. The number of methoxy groups -OCH3 is 1. The van der Waals surface area contributed by atoms with Crippen LogP contribution in [0.3, 0.4) is 0 Å². The summed E-state index contributed by atoms with van der Waals surface area (Å²) in [6.07, 6.45) is 2.21. The normalized spacial score (nSPS) is 24.1. The number of benzene rings is 1. The number of likely N-dealkylation sites (tertiary alicyclic amines) is 1. The lowest BCUT2D eigenvalue weighted by Crippen LogP contribution is -2.61. The van der Waals surface area contributed by atoms with Gasteiger partial charge in [-0.2, -0.15) is 0 Å².